The Morgan fingerprint density at radius 2 is 1.76 bits per heavy atom. The molecule has 0 saturated carbocycles. The highest BCUT2D eigenvalue weighted by atomic mass is 19.4. The Bertz CT molecular complexity index is 874. The van der Waals surface area contributed by atoms with E-state index in [1.165, 1.54) is 0 Å². The number of carbonyl (C=O) groups is 1. The van der Waals surface area contributed by atoms with Gasteiger partial charge in [0.1, 0.15) is 0 Å². The number of fused-ring (bicyclic) bond motifs is 3. The van der Waals surface area contributed by atoms with E-state index in [1.54, 1.807) is 43.3 Å². The van der Waals surface area contributed by atoms with Crippen molar-refractivity contribution in [3.63, 3.8) is 0 Å². The first-order chi connectivity index (χ1) is 9.80. The highest BCUT2D eigenvalue weighted by Crippen LogP contribution is 2.33. The van der Waals surface area contributed by atoms with E-state index in [9.17, 15) is 18.0 Å². The number of aryl methyl sites for hydroxylation is 2. The molecule has 0 spiro atoms. The van der Waals surface area contributed by atoms with Crippen molar-refractivity contribution in [1.82, 2.24) is 4.57 Å². The first kappa shape index (κ1) is 13.7. The first-order valence-corrected chi connectivity index (χ1v) is 6.42. The zero-order valence-corrected chi connectivity index (χ0v) is 11.5. The van der Waals surface area contributed by atoms with E-state index in [0.29, 0.717) is 21.9 Å². The molecule has 2 nitrogen and oxygen atoms in total. The molecule has 0 fully saturated rings. The smallest absolute Gasteiger partial charge is 0.272 e. The summed E-state index contributed by atoms with van der Waals surface area (Å²) in [7, 11) is 0. The van der Waals surface area contributed by atoms with Crippen molar-refractivity contribution in [3.05, 3.63) is 47.5 Å². The molecule has 5 heteroatoms. The van der Waals surface area contributed by atoms with Crippen LogP contribution in [-0.2, 0) is 0 Å². The maximum Gasteiger partial charge on any atom is 0.472 e. The Morgan fingerprint density at radius 1 is 1.05 bits per heavy atom. The van der Waals surface area contributed by atoms with Crippen molar-refractivity contribution in [1.29, 1.82) is 0 Å². The Hall–Kier alpha value is -2.30. The third-order valence-electron chi connectivity index (χ3n) is 3.59. The second-order valence-corrected chi connectivity index (χ2v) is 5.13. The third kappa shape index (κ3) is 2.00. The number of rotatable bonds is 0. The summed E-state index contributed by atoms with van der Waals surface area (Å²) in [5, 5.41) is 1.32. The molecule has 0 aliphatic heterocycles. The maximum atomic E-state index is 12.9. The molecule has 0 bridgehead atoms. The predicted octanol–water partition coefficient (Wildman–Crippen LogP) is 4.61. The summed E-state index contributed by atoms with van der Waals surface area (Å²) in [4.78, 5) is 11.8. The van der Waals surface area contributed by atoms with Gasteiger partial charge in [0.15, 0.2) is 0 Å². The third-order valence-corrected chi connectivity index (χ3v) is 3.59. The molecule has 0 aliphatic carbocycles. The summed E-state index contributed by atoms with van der Waals surface area (Å²) in [6.45, 7) is 3.57. The fourth-order valence-corrected chi connectivity index (χ4v) is 2.69. The van der Waals surface area contributed by atoms with E-state index in [1.807, 2.05) is 6.92 Å². The molecule has 0 saturated heterocycles. The standard InChI is InChI=1S/C16H12F3NO/c1-9-6-7-13-12(8-9)11-5-3-4-10(2)14(11)20(13)15(21)16(17,18)19/h3-8H,1-2H3. The summed E-state index contributed by atoms with van der Waals surface area (Å²) in [5.41, 5.74) is 2.18. The number of benzene rings is 2. The van der Waals surface area contributed by atoms with Gasteiger partial charge in [-0.2, -0.15) is 13.2 Å². The van der Waals surface area contributed by atoms with Crippen LogP contribution in [0.5, 0.6) is 0 Å². The van der Waals surface area contributed by atoms with Crippen LogP contribution >= 0.6 is 0 Å². The van der Waals surface area contributed by atoms with Crippen molar-refractivity contribution in [2.24, 2.45) is 0 Å². The van der Waals surface area contributed by atoms with Gasteiger partial charge in [-0.05, 0) is 31.5 Å². The molecule has 21 heavy (non-hydrogen) atoms. The fourth-order valence-electron chi connectivity index (χ4n) is 2.69. The molecular weight excluding hydrogens is 279 g/mol. The van der Waals surface area contributed by atoms with Gasteiger partial charge in [0, 0.05) is 10.8 Å². The molecule has 0 unspecified atom stereocenters. The van der Waals surface area contributed by atoms with Crippen LogP contribution in [0.1, 0.15) is 15.9 Å². The summed E-state index contributed by atoms with van der Waals surface area (Å²) >= 11 is 0. The monoisotopic (exact) mass is 291 g/mol. The molecular formula is C16H12F3NO. The lowest BCUT2D eigenvalue weighted by atomic mass is 10.1. The van der Waals surface area contributed by atoms with Crippen molar-refractivity contribution in [2.75, 3.05) is 0 Å². The summed E-state index contributed by atoms with van der Waals surface area (Å²) in [6, 6.07) is 10.3. The Morgan fingerprint density at radius 3 is 2.43 bits per heavy atom. The molecule has 0 aliphatic rings. The van der Waals surface area contributed by atoms with Crippen molar-refractivity contribution in [3.8, 4) is 0 Å². The summed E-state index contributed by atoms with van der Waals surface area (Å²) < 4.78 is 39.5. The zero-order valence-electron chi connectivity index (χ0n) is 11.5. The lowest BCUT2D eigenvalue weighted by Crippen LogP contribution is -2.29. The van der Waals surface area contributed by atoms with Gasteiger partial charge in [-0.15, -0.1) is 0 Å². The highest BCUT2D eigenvalue weighted by molar-refractivity contribution is 6.15. The minimum Gasteiger partial charge on any atom is -0.272 e. The molecule has 1 aromatic heterocycles. The van der Waals surface area contributed by atoms with Crippen LogP contribution < -0.4 is 0 Å². The quantitative estimate of drug-likeness (QED) is 0.592. The number of halogens is 3. The van der Waals surface area contributed by atoms with Gasteiger partial charge < -0.3 is 0 Å². The number of aromatic nitrogens is 1. The summed E-state index contributed by atoms with van der Waals surface area (Å²) in [6.07, 6.45) is -4.91. The number of carbonyl (C=O) groups excluding carboxylic acids is 1. The predicted molar refractivity (Wildman–Crippen MR) is 75.6 cm³/mol. The van der Waals surface area contributed by atoms with Crippen LogP contribution in [0.2, 0.25) is 0 Å². The molecule has 0 N–H and O–H groups in total. The lowest BCUT2D eigenvalue weighted by molar-refractivity contribution is -0.0939. The van der Waals surface area contributed by atoms with Crippen LogP contribution in [0.15, 0.2) is 36.4 Å². The molecule has 0 amide bonds. The zero-order chi connectivity index (χ0) is 15.4. The molecule has 2 aromatic carbocycles. The Labute approximate surface area is 118 Å². The number of alkyl halides is 3. The lowest BCUT2D eigenvalue weighted by Gasteiger charge is -2.10. The second-order valence-electron chi connectivity index (χ2n) is 5.13. The first-order valence-electron chi connectivity index (χ1n) is 6.42. The average molecular weight is 291 g/mol. The summed E-state index contributed by atoms with van der Waals surface area (Å²) in [5.74, 6) is -1.86. The van der Waals surface area contributed by atoms with Crippen LogP contribution in [0, 0.1) is 13.8 Å². The van der Waals surface area contributed by atoms with E-state index in [2.05, 4.69) is 0 Å². The largest absolute Gasteiger partial charge is 0.472 e. The van der Waals surface area contributed by atoms with Crippen molar-refractivity contribution < 1.29 is 18.0 Å². The van der Waals surface area contributed by atoms with E-state index in [4.69, 9.17) is 0 Å². The van der Waals surface area contributed by atoms with Crippen molar-refractivity contribution >= 4 is 27.7 Å². The van der Waals surface area contributed by atoms with Gasteiger partial charge in [-0.25, -0.2) is 0 Å². The SMILES string of the molecule is Cc1ccc2c(c1)c1cccc(C)c1n2C(=O)C(F)(F)F. The van der Waals surface area contributed by atoms with Crippen LogP contribution in [0.25, 0.3) is 21.8 Å². The van der Waals surface area contributed by atoms with E-state index in [0.717, 1.165) is 10.1 Å². The molecule has 0 radical (unpaired) electrons. The fraction of sp³-hybridized carbons (Fsp3) is 0.188. The Kier molecular flexibility index (Phi) is 2.83. The molecule has 108 valence electrons. The van der Waals surface area contributed by atoms with Gasteiger partial charge in [0.2, 0.25) is 0 Å². The van der Waals surface area contributed by atoms with Crippen LogP contribution in [-0.4, -0.2) is 16.7 Å². The number of hydrogen-bond acceptors (Lipinski definition) is 1. The van der Waals surface area contributed by atoms with E-state index < -0.39 is 12.1 Å². The average Bonchev–Trinajstić information content (AvgIpc) is 2.72. The molecule has 1 heterocycles. The van der Waals surface area contributed by atoms with Crippen molar-refractivity contribution in [2.45, 2.75) is 20.0 Å². The maximum absolute atomic E-state index is 12.9. The second kappa shape index (κ2) is 4.35. The van der Waals surface area contributed by atoms with Gasteiger partial charge in [0.25, 0.3) is 0 Å². The van der Waals surface area contributed by atoms with Crippen LogP contribution in [0.4, 0.5) is 13.2 Å². The van der Waals surface area contributed by atoms with Gasteiger partial charge in [-0.1, -0.05) is 29.8 Å². The molecule has 3 aromatic rings. The highest BCUT2D eigenvalue weighted by Gasteiger charge is 2.41. The van der Waals surface area contributed by atoms with Gasteiger partial charge in [-0.3, -0.25) is 9.36 Å². The van der Waals surface area contributed by atoms with Gasteiger partial charge in [0.05, 0.1) is 11.0 Å². The topological polar surface area (TPSA) is 22.0 Å². The molecule has 3 rings (SSSR count). The number of nitrogens with zero attached hydrogens (tertiary/aromatic N) is 1. The minimum atomic E-state index is -4.91. The number of hydrogen-bond donors (Lipinski definition) is 0. The van der Waals surface area contributed by atoms with E-state index >= 15 is 0 Å². The van der Waals surface area contributed by atoms with Gasteiger partial charge >= 0.3 is 12.1 Å². The minimum absolute atomic E-state index is 0.284. The number of para-hydroxylation sites is 1. The Balaban J connectivity index is 2.53. The van der Waals surface area contributed by atoms with Crippen LogP contribution in [0.3, 0.4) is 0 Å². The molecule has 0 atom stereocenters. The van der Waals surface area contributed by atoms with E-state index in [-0.39, 0.29) is 5.52 Å². The normalized spacial score (nSPS) is 12.2.